The summed E-state index contributed by atoms with van der Waals surface area (Å²) in [5, 5.41) is 2.86. The van der Waals surface area contributed by atoms with Crippen molar-refractivity contribution in [1.29, 1.82) is 0 Å². The Morgan fingerprint density at radius 1 is 1.03 bits per heavy atom. The summed E-state index contributed by atoms with van der Waals surface area (Å²) < 4.78 is 27.6. The number of carbonyl (C=O) groups is 2. The van der Waals surface area contributed by atoms with Gasteiger partial charge < -0.3 is 10.2 Å². The van der Waals surface area contributed by atoms with Crippen molar-refractivity contribution in [3.63, 3.8) is 0 Å². The SMILES string of the molecule is CC(=O)NCC1CCN(C(=O)C2CCN(S(=O)(=O)c3ccc(C)cc3C)CC2)CC1. The van der Waals surface area contributed by atoms with Crippen LogP contribution in [0.2, 0.25) is 0 Å². The lowest BCUT2D eigenvalue weighted by atomic mass is 9.92. The van der Waals surface area contributed by atoms with E-state index >= 15 is 0 Å². The molecule has 1 N–H and O–H groups in total. The molecule has 0 radical (unpaired) electrons. The topological polar surface area (TPSA) is 86.8 Å². The Hall–Kier alpha value is -1.93. The van der Waals surface area contributed by atoms with Gasteiger partial charge in [-0.1, -0.05) is 17.7 Å². The summed E-state index contributed by atoms with van der Waals surface area (Å²) >= 11 is 0. The number of likely N-dealkylation sites (tertiary alicyclic amines) is 1. The molecular weight excluding hydrogens is 402 g/mol. The third-order valence-corrected chi connectivity index (χ3v) is 8.38. The van der Waals surface area contributed by atoms with Crippen LogP contribution in [-0.2, 0) is 19.6 Å². The minimum absolute atomic E-state index is 0.0175. The van der Waals surface area contributed by atoms with Crippen LogP contribution < -0.4 is 5.32 Å². The average Bonchev–Trinajstić information content (AvgIpc) is 2.72. The number of hydrogen-bond acceptors (Lipinski definition) is 4. The Labute approximate surface area is 179 Å². The van der Waals surface area contributed by atoms with E-state index < -0.39 is 10.0 Å². The van der Waals surface area contributed by atoms with Crippen molar-refractivity contribution < 1.29 is 18.0 Å². The highest BCUT2D eigenvalue weighted by Gasteiger charge is 2.35. The van der Waals surface area contributed by atoms with Gasteiger partial charge in [-0.3, -0.25) is 9.59 Å². The summed E-state index contributed by atoms with van der Waals surface area (Å²) in [6.07, 6.45) is 2.92. The monoisotopic (exact) mass is 435 g/mol. The first kappa shape index (κ1) is 22.7. The van der Waals surface area contributed by atoms with E-state index in [2.05, 4.69) is 5.32 Å². The molecule has 2 fully saturated rings. The molecule has 1 aromatic rings. The van der Waals surface area contributed by atoms with Crippen molar-refractivity contribution in [3.05, 3.63) is 29.3 Å². The molecule has 0 atom stereocenters. The Kier molecular flexibility index (Phi) is 7.18. The smallest absolute Gasteiger partial charge is 0.243 e. The molecule has 1 aromatic carbocycles. The minimum Gasteiger partial charge on any atom is -0.356 e. The van der Waals surface area contributed by atoms with Crippen LogP contribution in [0.25, 0.3) is 0 Å². The first-order valence-electron chi connectivity index (χ1n) is 10.8. The fourth-order valence-electron chi connectivity index (χ4n) is 4.47. The Morgan fingerprint density at radius 2 is 1.67 bits per heavy atom. The summed E-state index contributed by atoms with van der Waals surface area (Å²) in [4.78, 5) is 26.3. The Morgan fingerprint density at radius 3 is 2.23 bits per heavy atom. The van der Waals surface area contributed by atoms with E-state index in [1.54, 1.807) is 6.07 Å². The number of nitrogens with zero attached hydrogens (tertiary/aromatic N) is 2. The van der Waals surface area contributed by atoms with Crippen LogP contribution in [-0.4, -0.2) is 62.2 Å². The van der Waals surface area contributed by atoms with Crippen LogP contribution in [0.5, 0.6) is 0 Å². The lowest BCUT2D eigenvalue weighted by Gasteiger charge is -2.37. The second-order valence-corrected chi connectivity index (χ2v) is 10.6. The maximum absolute atomic E-state index is 13.0. The van der Waals surface area contributed by atoms with Gasteiger partial charge in [-0.25, -0.2) is 8.42 Å². The van der Waals surface area contributed by atoms with E-state index in [-0.39, 0.29) is 17.7 Å². The molecule has 0 saturated carbocycles. The predicted octanol–water partition coefficient (Wildman–Crippen LogP) is 2.08. The van der Waals surface area contributed by atoms with Crippen molar-refractivity contribution in [2.75, 3.05) is 32.7 Å². The van der Waals surface area contributed by atoms with Gasteiger partial charge in [0.1, 0.15) is 0 Å². The van der Waals surface area contributed by atoms with Gasteiger partial charge in [-0.15, -0.1) is 0 Å². The van der Waals surface area contributed by atoms with Gasteiger partial charge in [-0.05, 0) is 57.1 Å². The molecule has 2 saturated heterocycles. The van der Waals surface area contributed by atoms with Crippen molar-refractivity contribution in [3.8, 4) is 0 Å². The van der Waals surface area contributed by atoms with Crippen LogP contribution in [0.4, 0.5) is 0 Å². The number of nitrogens with one attached hydrogen (secondary N) is 1. The molecule has 8 heteroatoms. The maximum Gasteiger partial charge on any atom is 0.243 e. The summed E-state index contributed by atoms with van der Waals surface area (Å²) in [7, 11) is -3.53. The van der Waals surface area contributed by atoms with Crippen molar-refractivity contribution in [2.45, 2.75) is 51.3 Å². The van der Waals surface area contributed by atoms with Crippen LogP contribution in [0.1, 0.15) is 43.7 Å². The first-order chi connectivity index (χ1) is 14.2. The third-order valence-electron chi connectivity index (χ3n) is 6.32. The number of carbonyl (C=O) groups excluding carboxylic acids is 2. The van der Waals surface area contributed by atoms with Crippen LogP contribution >= 0.6 is 0 Å². The van der Waals surface area contributed by atoms with E-state index in [0.29, 0.717) is 56.4 Å². The first-order valence-corrected chi connectivity index (χ1v) is 12.2. The molecular formula is C22H33N3O4S. The van der Waals surface area contributed by atoms with E-state index in [9.17, 15) is 18.0 Å². The molecule has 0 unspecified atom stereocenters. The maximum atomic E-state index is 13.0. The van der Waals surface area contributed by atoms with Crippen molar-refractivity contribution in [1.82, 2.24) is 14.5 Å². The standard InChI is InChI=1S/C22H33N3O4S/c1-16-4-5-21(17(2)14-16)30(28,29)25-12-8-20(9-13-25)22(27)24-10-6-19(7-11-24)15-23-18(3)26/h4-5,14,19-20H,6-13,15H2,1-3H3,(H,23,26). The molecule has 166 valence electrons. The molecule has 0 aromatic heterocycles. The highest BCUT2D eigenvalue weighted by Crippen LogP contribution is 2.28. The largest absolute Gasteiger partial charge is 0.356 e. The van der Waals surface area contributed by atoms with E-state index in [1.807, 2.05) is 30.9 Å². The van der Waals surface area contributed by atoms with E-state index in [1.165, 1.54) is 11.2 Å². The van der Waals surface area contributed by atoms with Gasteiger partial charge >= 0.3 is 0 Å². The van der Waals surface area contributed by atoms with Crippen LogP contribution in [0.3, 0.4) is 0 Å². The number of rotatable bonds is 5. The minimum atomic E-state index is -3.53. The van der Waals surface area contributed by atoms with Crippen LogP contribution in [0.15, 0.2) is 23.1 Å². The van der Waals surface area contributed by atoms with Gasteiger partial charge in [0, 0.05) is 45.6 Å². The summed E-state index contributed by atoms with van der Waals surface area (Å²) in [5.74, 6) is 0.442. The lowest BCUT2D eigenvalue weighted by molar-refractivity contribution is -0.138. The van der Waals surface area contributed by atoms with Gasteiger partial charge in [0.15, 0.2) is 0 Å². The third kappa shape index (κ3) is 5.21. The number of amides is 2. The zero-order valence-corrected chi connectivity index (χ0v) is 19.0. The molecule has 2 aliphatic rings. The predicted molar refractivity (Wildman–Crippen MR) is 115 cm³/mol. The van der Waals surface area contributed by atoms with Crippen molar-refractivity contribution >= 4 is 21.8 Å². The van der Waals surface area contributed by atoms with Crippen molar-refractivity contribution in [2.24, 2.45) is 11.8 Å². The molecule has 0 bridgehead atoms. The number of hydrogen-bond donors (Lipinski definition) is 1. The normalized spacial score (nSPS) is 19.6. The summed E-state index contributed by atoms with van der Waals surface area (Å²) in [5.41, 5.74) is 1.80. The van der Waals surface area contributed by atoms with Gasteiger partial charge in [0.25, 0.3) is 0 Å². The molecule has 0 aliphatic carbocycles. The summed E-state index contributed by atoms with van der Waals surface area (Å²) in [6.45, 7) is 8.15. The Balaban J connectivity index is 1.53. The fraction of sp³-hybridized carbons (Fsp3) is 0.636. The zero-order chi connectivity index (χ0) is 21.9. The number of piperidine rings is 2. The number of sulfonamides is 1. The van der Waals surface area contributed by atoms with Gasteiger partial charge in [0.05, 0.1) is 4.90 Å². The zero-order valence-electron chi connectivity index (χ0n) is 18.2. The molecule has 7 nitrogen and oxygen atoms in total. The Bertz CT molecular complexity index is 884. The molecule has 30 heavy (non-hydrogen) atoms. The van der Waals surface area contributed by atoms with Gasteiger partial charge in [0.2, 0.25) is 21.8 Å². The molecule has 2 amide bonds. The molecule has 2 heterocycles. The second kappa shape index (κ2) is 9.47. The van der Waals surface area contributed by atoms with Gasteiger partial charge in [-0.2, -0.15) is 4.31 Å². The number of benzene rings is 1. The number of aryl methyl sites for hydroxylation is 2. The van der Waals surface area contributed by atoms with E-state index in [0.717, 1.165) is 24.0 Å². The van der Waals surface area contributed by atoms with Crippen LogP contribution in [0, 0.1) is 25.7 Å². The lowest BCUT2D eigenvalue weighted by Crippen LogP contribution is -2.47. The molecule has 3 rings (SSSR count). The average molecular weight is 436 g/mol. The molecule has 0 spiro atoms. The quantitative estimate of drug-likeness (QED) is 0.767. The fourth-order valence-corrected chi connectivity index (χ4v) is 6.15. The highest BCUT2D eigenvalue weighted by molar-refractivity contribution is 7.89. The summed E-state index contributed by atoms with van der Waals surface area (Å²) in [6, 6.07) is 5.40. The van der Waals surface area contributed by atoms with E-state index in [4.69, 9.17) is 0 Å². The second-order valence-electron chi connectivity index (χ2n) is 8.65. The highest BCUT2D eigenvalue weighted by atomic mass is 32.2. The molecule has 2 aliphatic heterocycles.